The Bertz CT molecular complexity index is 901. The van der Waals surface area contributed by atoms with Gasteiger partial charge in [0.15, 0.2) is 0 Å². The molecule has 0 spiro atoms. The van der Waals surface area contributed by atoms with Gasteiger partial charge in [-0.15, -0.1) is 0 Å². The zero-order valence-corrected chi connectivity index (χ0v) is 24.0. The SMILES string of the molecule is C=C[SiH](C=C)[Hf+2]([CH]1C(CC)=Cc2ccccc21)[CH]1C(CC)=Cc2ccccc21.[Cl-].[Cl-]. The van der Waals surface area contributed by atoms with Crippen molar-refractivity contribution in [3.05, 3.63) is 106 Å². The molecule has 0 saturated heterocycles. The predicted molar refractivity (Wildman–Crippen MR) is 122 cm³/mol. The van der Waals surface area contributed by atoms with Crippen LogP contribution in [0, 0.1) is 0 Å². The molecule has 2 aliphatic carbocycles. The number of fused-ring (bicyclic) bond motifs is 2. The zero-order valence-electron chi connectivity index (χ0n) is 17.7. The first-order valence-electron chi connectivity index (χ1n) is 10.4. The van der Waals surface area contributed by atoms with Crippen molar-refractivity contribution in [3.63, 3.8) is 0 Å². The Morgan fingerprint density at radius 2 is 1.17 bits per heavy atom. The molecule has 0 nitrogen and oxygen atoms in total. The fourth-order valence-electron chi connectivity index (χ4n) is 5.10. The third-order valence-corrected chi connectivity index (χ3v) is 36.7. The van der Waals surface area contributed by atoms with Crippen molar-refractivity contribution in [2.45, 2.75) is 34.0 Å². The molecule has 0 radical (unpaired) electrons. The van der Waals surface area contributed by atoms with E-state index in [2.05, 4.69) is 99.1 Å². The molecule has 2 aromatic rings. The summed E-state index contributed by atoms with van der Waals surface area (Å²) in [5.74, 6) is -1.18. The molecule has 0 aromatic heterocycles. The molecule has 0 aliphatic heterocycles. The summed E-state index contributed by atoms with van der Waals surface area (Å²) >= 11 is -2.30. The summed E-state index contributed by atoms with van der Waals surface area (Å²) in [7, 11) is 0. The maximum atomic E-state index is 4.31. The molecule has 2 aliphatic rings. The second-order valence-corrected chi connectivity index (χ2v) is 30.1. The minimum atomic E-state index is -2.30. The summed E-state index contributed by atoms with van der Waals surface area (Å²) in [5.41, 5.74) is 14.1. The summed E-state index contributed by atoms with van der Waals surface area (Å²) in [6.45, 7) is 13.3. The second kappa shape index (κ2) is 11.1. The van der Waals surface area contributed by atoms with Gasteiger partial charge in [0.2, 0.25) is 0 Å². The van der Waals surface area contributed by atoms with E-state index in [1.165, 1.54) is 11.1 Å². The number of hydrogen-bond donors (Lipinski definition) is 0. The molecule has 155 valence electrons. The fraction of sp³-hybridized carbons (Fsp3) is 0.231. The van der Waals surface area contributed by atoms with Gasteiger partial charge in [-0.1, -0.05) is 0 Å². The molecular weight excluding hydrogens is 590 g/mol. The van der Waals surface area contributed by atoms with Crippen LogP contribution in [-0.4, -0.2) is 5.98 Å². The minimum Gasteiger partial charge on any atom is -1.00 e. The van der Waals surface area contributed by atoms with E-state index in [1.54, 1.807) is 22.3 Å². The summed E-state index contributed by atoms with van der Waals surface area (Å²) in [5, 5.41) is 0. The van der Waals surface area contributed by atoms with Gasteiger partial charge in [0.05, 0.1) is 0 Å². The summed E-state index contributed by atoms with van der Waals surface area (Å²) in [6.07, 6.45) is 7.31. The largest absolute Gasteiger partial charge is 1.00 e. The monoisotopic (exact) mass is 619 g/mol. The maximum Gasteiger partial charge on any atom is -1.00 e. The Morgan fingerprint density at radius 3 is 1.53 bits per heavy atom. The van der Waals surface area contributed by atoms with Crippen LogP contribution in [0.4, 0.5) is 0 Å². The number of hydrogen-bond acceptors (Lipinski definition) is 0. The summed E-state index contributed by atoms with van der Waals surface area (Å²) in [4.78, 5) is 0. The second-order valence-electron chi connectivity index (χ2n) is 7.77. The Hall–Kier alpha value is -0.933. The molecule has 0 heterocycles. The normalized spacial score (nSPS) is 18.4. The van der Waals surface area contributed by atoms with Crippen LogP contribution < -0.4 is 24.8 Å². The van der Waals surface area contributed by atoms with Crippen molar-refractivity contribution in [1.82, 2.24) is 0 Å². The Balaban J connectivity index is 0.00000160. The van der Waals surface area contributed by atoms with Crippen molar-refractivity contribution >= 4 is 18.1 Å². The average molecular weight is 619 g/mol. The third-order valence-electron chi connectivity index (χ3n) is 6.41. The Kier molecular flexibility index (Phi) is 9.36. The molecule has 0 fully saturated rings. The van der Waals surface area contributed by atoms with E-state index < -0.39 is 26.6 Å². The van der Waals surface area contributed by atoms with Crippen LogP contribution >= 0.6 is 0 Å². The van der Waals surface area contributed by atoms with Gasteiger partial charge in [0, 0.05) is 0 Å². The molecule has 4 rings (SSSR count). The van der Waals surface area contributed by atoms with Crippen molar-refractivity contribution in [1.29, 1.82) is 0 Å². The molecule has 30 heavy (non-hydrogen) atoms. The van der Waals surface area contributed by atoms with E-state index in [-0.39, 0.29) is 24.8 Å². The zero-order chi connectivity index (χ0) is 19.7. The first-order valence-corrected chi connectivity index (χ1v) is 22.7. The van der Waals surface area contributed by atoms with E-state index in [0.717, 1.165) is 12.8 Å². The van der Waals surface area contributed by atoms with Gasteiger partial charge in [-0.3, -0.25) is 0 Å². The van der Waals surface area contributed by atoms with E-state index in [1.807, 2.05) is 0 Å². The van der Waals surface area contributed by atoms with Gasteiger partial charge in [-0.25, -0.2) is 0 Å². The van der Waals surface area contributed by atoms with Crippen LogP contribution in [-0.2, 0) is 20.6 Å². The molecule has 2 unspecified atom stereocenters. The number of benzene rings is 2. The molecule has 4 heteroatoms. The number of rotatable bonds is 7. The van der Waals surface area contributed by atoms with Crippen molar-refractivity contribution in [2.24, 2.45) is 0 Å². The van der Waals surface area contributed by atoms with Crippen LogP contribution in [0.25, 0.3) is 12.2 Å². The van der Waals surface area contributed by atoms with Crippen LogP contribution in [0.3, 0.4) is 0 Å². The maximum absolute atomic E-state index is 4.31. The Morgan fingerprint density at radius 1 is 0.767 bits per heavy atom. The van der Waals surface area contributed by atoms with Gasteiger partial charge in [-0.2, -0.15) is 0 Å². The predicted octanol–water partition coefficient (Wildman–Crippen LogP) is 0.883. The van der Waals surface area contributed by atoms with E-state index in [0.29, 0.717) is 7.35 Å². The minimum absolute atomic E-state index is 0. The van der Waals surface area contributed by atoms with E-state index in [9.17, 15) is 0 Å². The average Bonchev–Trinajstić information content (AvgIpc) is 3.30. The van der Waals surface area contributed by atoms with Crippen LogP contribution in [0.15, 0.2) is 84.2 Å². The van der Waals surface area contributed by atoms with E-state index in [4.69, 9.17) is 0 Å². The third kappa shape index (κ3) is 4.34. The van der Waals surface area contributed by atoms with Crippen LogP contribution in [0.5, 0.6) is 0 Å². The summed E-state index contributed by atoms with van der Waals surface area (Å²) in [6, 6.07) is 18.3. The van der Waals surface area contributed by atoms with Gasteiger partial charge < -0.3 is 24.8 Å². The Labute approximate surface area is 202 Å². The smallest absolute Gasteiger partial charge is 1.00 e. The van der Waals surface area contributed by atoms with Crippen molar-refractivity contribution in [3.8, 4) is 0 Å². The quantitative estimate of drug-likeness (QED) is 0.405. The molecule has 2 aromatic carbocycles. The molecule has 0 amide bonds. The summed E-state index contributed by atoms with van der Waals surface area (Å²) < 4.78 is 1.37. The standard InChI is InChI=1S/2C11H11.C4H7Si.2ClH.Hf/c2*1-2-9-7-10-5-3-4-6-11(10)8-9;1-3-5-4-2;;;/h2*3-8H,2H2,1H3;3-5H,1-2H2;2*1H;/q;;;;;+2/p-2. The van der Waals surface area contributed by atoms with E-state index >= 15 is 0 Å². The first-order chi connectivity index (χ1) is 13.7. The van der Waals surface area contributed by atoms with Gasteiger partial charge in [0.25, 0.3) is 0 Å². The first kappa shape index (κ1) is 25.3. The number of halogens is 2. The topological polar surface area (TPSA) is 0 Å². The molecule has 0 N–H and O–H groups in total. The van der Waals surface area contributed by atoms with Gasteiger partial charge >= 0.3 is 179 Å². The molecule has 2 atom stereocenters. The molecule has 0 bridgehead atoms. The molecular formula is C26H29Cl2HfSi. The van der Waals surface area contributed by atoms with Gasteiger partial charge in [-0.05, 0) is 0 Å². The van der Waals surface area contributed by atoms with Gasteiger partial charge in [0.1, 0.15) is 0 Å². The van der Waals surface area contributed by atoms with Crippen molar-refractivity contribution in [2.75, 3.05) is 0 Å². The van der Waals surface area contributed by atoms with Crippen LogP contribution in [0.2, 0.25) is 0 Å². The van der Waals surface area contributed by atoms with Crippen molar-refractivity contribution < 1.29 is 45.4 Å². The van der Waals surface area contributed by atoms with Crippen LogP contribution in [0.1, 0.15) is 56.3 Å². The fourth-order valence-corrected chi connectivity index (χ4v) is 38.0. The molecule has 0 saturated carbocycles. The number of allylic oxidation sites excluding steroid dienone is 2.